The van der Waals surface area contributed by atoms with Crippen LogP contribution in [0.25, 0.3) is 10.2 Å². The van der Waals surface area contributed by atoms with Crippen LogP contribution in [0.3, 0.4) is 0 Å². The van der Waals surface area contributed by atoms with Crippen molar-refractivity contribution in [3.05, 3.63) is 46.8 Å². The van der Waals surface area contributed by atoms with Crippen LogP contribution in [0.5, 0.6) is 11.5 Å². The Morgan fingerprint density at radius 1 is 1.00 bits per heavy atom. The summed E-state index contributed by atoms with van der Waals surface area (Å²) in [5.41, 5.74) is 1.51. The van der Waals surface area contributed by atoms with Crippen molar-refractivity contribution in [2.24, 2.45) is 4.99 Å². The summed E-state index contributed by atoms with van der Waals surface area (Å²) in [5, 5.41) is 0. The summed E-state index contributed by atoms with van der Waals surface area (Å²) in [4.78, 5) is 29.3. The number of sulfone groups is 1. The standard InChI is InChI=1S/C23H26N2O7S2/c1-15-7-9-16(10-8-15)34(28,29)13-5-6-19(26)24-23-25(14-20(27)32-4)21-17(30-2)11-12-18(31-3)22(21)33-23/h7-12H,5-6,13-14H2,1-4H3. The number of nitrogens with zero attached hydrogens (tertiary/aromatic N) is 2. The zero-order valence-electron chi connectivity index (χ0n) is 19.4. The van der Waals surface area contributed by atoms with Crippen molar-refractivity contribution in [1.82, 2.24) is 4.57 Å². The third-order valence-corrected chi connectivity index (χ3v) is 8.02. The van der Waals surface area contributed by atoms with Crippen LogP contribution in [-0.4, -0.2) is 51.9 Å². The number of ether oxygens (including phenoxy) is 3. The molecule has 0 atom stereocenters. The van der Waals surface area contributed by atoms with Crippen molar-refractivity contribution < 1.29 is 32.2 Å². The van der Waals surface area contributed by atoms with E-state index in [1.807, 2.05) is 6.92 Å². The molecule has 2 aromatic carbocycles. The minimum Gasteiger partial charge on any atom is -0.495 e. The molecule has 9 nitrogen and oxygen atoms in total. The van der Waals surface area contributed by atoms with Crippen LogP contribution in [-0.2, 0) is 30.7 Å². The fourth-order valence-corrected chi connectivity index (χ4v) is 5.79. The summed E-state index contributed by atoms with van der Waals surface area (Å²) in [6.07, 6.45) is 0.0545. The van der Waals surface area contributed by atoms with Gasteiger partial charge in [0, 0.05) is 6.42 Å². The highest BCUT2D eigenvalue weighted by Gasteiger charge is 2.19. The maximum atomic E-state index is 12.6. The third kappa shape index (κ3) is 5.65. The Hall–Kier alpha value is -3.18. The smallest absolute Gasteiger partial charge is 0.325 e. The number of fused-ring (bicyclic) bond motifs is 1. The van der Waals surface area contributed by atoms with Gasteiger partial charge in [-0.1, -0.05) is 29.0 Å². The van der Waals surface area contributed by atoms with Crippen LogP contribution in [0.2, 0.25) is 0 Å². The third-order valence-electron chi connectivity index (χ3n) is 5.11. The van der Waals surface area contributed by atoms with Crippen molar-refractivity contribution in [3.63, 3.8) is 0 Å². The Bertz CT molecular complexity index is 1370. The Morgan fingerprint density at radius 2 is 1.65 bits per heavy atom. The van der Waals surface area contributed by atoms with Crippen LogP contribution in [0.15, 0.2) is 46.3 Å². The van der Waals surface area contributed by atoms with E-state index in [2.05, 4.69) is 4.99 Å². The molecule has 11 heteroatoms. The number of thiazole rings is 1. The van der Waals surface area contributed by atoms with E-state index in [0.29, 0.717) is 21.7 Å². The van der Waals surface area contributed by atoms with Crippen LogP contribution < -0.4 is 14.3 Å². The number of hydrogen-bond acceptors (Lipinski definition) is 8. The number of esters is 1. The maximum absolute atomic E-state index is 12.6. The van der Waals surface area contributed by atoms with E-state index >= 15 is 0 Å². The first kappa shape index (κ1) is 25.4. The van der Waals surface area contributed by atoms with Crippen molar-refractivity contribution in [1.29, 1.82) is 0 Å². The van der Waals surface area contributed by atoms with E-state index in [-0.39, 0.29) is 34.8 Å². The summed E-state index contributed by atoms with van der Waals surface area (Å²) in [5.74, 6) is -0.176. The molecule has 34 heavy (non-hydrogen) atoms. The average Bonchev–Trinajstić information content (AvgIpc) is 3.16. The average molecular weight is 507 g/mol. The fraction of sp³-hybridized carbons (Fsp3) is 0.348. The number of aryl methyl sites for hydroxylation is 1. The van der Waals surface area contributed by atoms with Gasteiger partial charge in [-0.15, -0.1) is 0 Å². The molecule has 1 heterocycles. The predicted octanol–water partition coefficient (Wildman–Crippen LogP) is 2.88. The molecule has 0 bridgehead atoms. The lowest BCUT2D eigenvalue weighted by atomic mass is 10.2. The van der Waals surface area contributed by atoms with E-state index in [0.717, 1.165) is 5.56 Å². The molecule has 0 aliphatic rings. The molecule has 3 aromatic rings. The van der Waals surface area contributed by atoms with Gasteiger partial charge < -0.3 is 18.8 Å². The predicted molar refractivity (Wildman–Crippen MR) is 128 cm³/mol. The highest BCUT2D eigenvalue weighted by Crippen LogP contribution is 2.35. The first-order valence-electron chi connectivity index (χ1n) is 10.4. The molecule has 0 N–H and O–H groups in total. The molecule has 1 aromatic heterocycles. The molecule has 0 saturated heterocycles. The van der Waals surface area contributed by atoms with E-state index in [1.165, 1.54) is 37.2 Å². The van der Waals surface area contributed by atoms with E-state index < -0.39 is 21.7 Å². The normalized spacial score (nSPS) is 12.1. The molecule has 0 aliphatic heterocycles. The molecule has 182 valence electrons. The van der Waals surface area contributed by atoms with Gasteiger partial charge in [-0.25, -0.2) is 8.42 Å². The summed E-state index contributed by atoms with van der Waals surface area (Å²) in [6, 6.07) is 10.0. The molecule has 0 unspecified atom stereocenters. The zero-order valence-corrected chi connectivity index (χ0v) is 21.0. The second kappa shape index (κ2) is 10.8. The Kier molecular flexibility index (Phi) is 8.11. The Labute approximate surface area is 201 Å². The quantitative estimate of drug-likeness (QED) is 0.410. The molecule has 0 saturated carbocycles. The van der Waals surface area contributed by atoms with Gasteiger partial charge in [0.1, 0.15) is 28.3 Å². The monoisotopic (exact) mass is 506 g/mol. The SMILES string of the molecule is COC(=O)Cn1c(=NC(=O)CCCS(=O)(=O)c2ccc(C)cc2)sc2c(OC)ccc(OC)c21. The van der Waals surface area contributed by atoms with Crippen LogP contribution in [0, 0.1) is 6.92 Å². The molecule has 0 spiro atoms. The molecular formula is C23H26N2O7S2. The lowest BCUT2D eigenvalue weighted by Crippen LogP contribution is -2.22. The Balaban J connectivity index is 1.89. The van der Waals surface area contributed by atoms with Crippen LogP contribution in [0.4, 0.5) is 0 Å². The van der Waals surface area contributed by atoms with Gasteiger partial charge in [0.05, 0.1) is 32.0 Å². The maximum Gasteiger partial charge on any atom is 0.325 e. The highest BCUT2D eigenvalue weighted by atomic mass is 32.2. The van der Waals surface area contributed by atoms with Crippen molar-refractivity contribution in [2.45, 2.75) is 31.2 Å². The summed E-state index contributed by atoms with van der Waals surface area (Å²) < 4.78 is 42.9. The van der Waals surface area contributed by atoms with Gasteiger partial charge in [0.25, 0.3) is 0 Å². The van der Waals surface area contributed by atoms with Gasteiger partial charge in [-0.3, -0.25) is 9.59 Å². The van der Waals surface area contributed by atoms with Gasteiger partial charge in [-0.2, -0.15) is 4.99 Å². The van der Waals surface area contributed by atoms with E-state index in [1.54, 1.807) is 36.4 Å². The first-order chi connectivity index (χ1) is 16.2. The highest BCUT2D eigenvalue weighted by molar-refractivity contribution is 7.91. The van der Waals surface area contributed by atoms with Crippen molar-refractivity contribution in [2.75, 3.05) is 27.1 Å². The number of hydrogen-bond donors (Lipinski definition) is 0. The molecule has 0 aliphatic carbocycles. The summed E-state index contributed by atoms with van der Waals surface area (Å²) in [7, 11) is 0.781. The number of rotatable bonds is 9. The number of benzene rings is 2. The molecule has 0 fully saturated rings. The molecule has 3 rings (SSSR count). The van der Waals surface area contributed by atoms with Crippen molar-refractivity contribution in [3.8, 4) is 11.5 Å². The number of aromatic nitrogens is 1. The number of amides is 1. The molecule has 0 radical (unpaired) electrons. The number of carbonyl (C=O) groups is 2. The van der Waals surface area contributed by atoms with Gasteiger partial charge >= 0.3 is 5.97 Å². The minimum absolute atomic E-state index is 0.0637. The van der Waals surface area contributed by atoms with Crippen LogP contribution in [0.1, 0.15) is 18.4 Å². The summed E-state index contributed by atoms with van der Waals surface area (Å²) in [6.45, 7) is 1.69. The second-order valence-corrected chi connectivity index (χ2v) is 10.5. The lowest BCUT2D eigenvalue weighted by molar-refractivity contribution is -0.141. The first-order valence-corrected chi connectivity index (χ1v) is 12.8. The lowest BCUT2D eigenvalue weighted by Gasteiger charge is -2.09. The van der Waals surface area contributed by atoms with Gasteiger partial charge in [0.15, 0.2) is 14.6 Å². The largest absolute Gasteiger partial charge is 0.495 e. The van der Waals surface area contributed by atoms with E-state index in [4.69, 9.17) is 14.2 Å². The zero-order chi connectivity index (χ0) is 24.9. The van der Waals surface area contributed by atoms with Gasteiger partial charge in [0.2, 0.25) is 5.91 Å². The fourth-order valence-electron chi connectivity index (χ4n) is 3.32. The van der Waals surface area contributed by atoms with Crippen molar-refractivity contribution >= 4 is 43.3 Å². The Morgan fingerprint density at radius 3 is 2.26 bits per heavy atom. The topological polar surface area (TPSA) is 113 Å². The van der Waals surface area contributed by atoms with Crippen LogP contribution >= 0.6 is 11.3 Å². The summed E-state index contributed by atoms with van der Waals surface area (Å²) >= 11 is 1.17. The minimum atomic E-state index is -3.50. The van der Waals surface area contributed by atoms with Gasteiger partial charge in [-0.05, 0) is 37.6 Å². The van der Waals surface area contributed by atoms with E-state index in [9.17, 15) is 18.0 Å². The number of carbonyl (C=O) groups excluding carboxylic acids is 2. The number of methoxy groups -OCH3 is 3. The second-order valence-electron chi connectivity index (χ2n) is 7.44. The molecule has 1 amide bonds. The molecular weight excluding hydrogens is 480 g/mol.